The number of hydrogen-bond acceptors (Lipinski definition) is 4. The zero-order chi connectivity index (χ0) is 17.7. The first-order valence-electron chi connectivity index (χ1n) is 6.78. The van der Waals surface area contributed by atoms with E-state index in [4.69, 9.17) is 4.74 Å². The zero-order valence-electron chi connectivity index (χ0n) is 12.9. The van der Waals surface area contributed by atoms with Crippen molar-refractivity contribution in [1.82, 2.24) is 4.90 Å². The summed E-state index contributed by atoms with van der Waals surface area (Å²) < 4.78 is 35.4. The molecule has 0 unspecified atom stereocenters. The third-order valence-corrected chi connectivity index (χ3v) is 4.62. The molecular weight excluding hydrogens is 406 g/mol. The van der Waals surface area contributed by atoms with Crippen molar-refractivity contribution in [2.75, 3.05) is 19.5 Å². The molecule has 24 heavy (non-hydrogen) atoms. The number of thiophene rings is 1. The van der Waals surface area contributed by atoms with Crippen LogP contribution in [0.25, 0.3) is 0 Å². The van der Waals surface area contributed by atoms with Gasteiger partial charge < -0.3 is 19.7 Å². The van der Waals surface area contributed by atoms with Gasteiger partial charge in [-0.15, -0.1) is 11.3 Å². The van der Waals surface area contributed by atoms with E-state index in [-0.39, 0.29) is 11.4 Å². The lowest BCUT2D eigenvalue weighted by Gasteiger charge is -2.19. The van der Waals surface area contributed by atoms with Gasteiger partial charge in [0.15, 0.2) is 0 Å². The minimum absolute atomic E-state index is 0.110. The van der Waals surface area contributed by atoms with E-state index in [1.165, 1.54) is 41.5 Å². The predicted octanol–water partition coefficient (Wildman–Crippen LogP) is 4.78. The highest BCUT2D eigenvalue weighted by atomic mass is 79.9. The first kappa shape index (κ1) is 18.5. The number of anilines is 1. The van der Waals surface area contributed by atoms with Crippen LogP contribution in [0.1, 0.15) is 4.88 Å². The van der Waals surface area contributed by atoms with Crippen molar-refractivity contribution in [1.29, 1.82) is 0 Å². The van der Waals surface area contributed by atoms with Gasteiger partial charge in [-0.1, -0.05) is 0 Å². The molecule has 0 bridgehead atoms. The molecule has 1 heterocycles. The van der Waals surface area contributed by atoms with E-state index < -0.39 is 12.6 Å². The number of carbonyl (C=O) groups excluding carboxylic acids is 1. The molecule has 0 aliphatic carbocycles. The fraction of sp³-hybridized carbons (Fsp3) is 0.267. The van der Waals surface area contributed by atoms with Crippen LogP contribution in [0.15, 0.2) is 34.1 Å². The van der Waals surface area contributed by atoms with Crippen LogP contribution in [0.4, 0.5) is 19.3 Å². The number of ether oxygens (including phenoxy) is 2. The SMILES string of the molecule is COc1ccc(OC(F)F)c(NC(=O)N(C)Cc2ccc(Br)s2)c1. The monoisotopic (exact) mass is 420 g/mol. The van der Waals surface area contributed by atoms with Crippen molar-refractivity contribution in [3.63, 3.8) is 0 Å². The summed E-state index contributed by atoms with van der Waals surface area (Å²) in [6, 6.07) is 7.55. The molecule has 0 saturated carbocycles. The number of benzene rings is 1. The van der Waals surface area contributed by atoms with E-state index >= 15 is 0 Å². The molecule has 5 nitrogen and oxygen atoms in total. The van der Waals surface area contributed by atoms with Crippen LogP contribution in [0, 0.1) is 0 Å². The van der Waals surface area contributed by atoms with Gasteiger partial charge in [0.05, 0.1) is 23.1 Å². The highest BCUT2D eigenvalue weighted by Gasteiger charge is 2.16. The Hall–Kier alpha value is -1.87. The third-order valence-electron chi connectivity index (χ3n) is 3.01. The standard InChI is InChI=1S/C15H15BrF2N2O3S/c1-20(8-10-4-6-13(16)24-10)15(21)19-11-7-9(22-2)3-5-12(11)23-14(17)18/h3-7,14H,8H2,1-2H3,(H,19,21). The van der Waals surface area contributed by atoms with Gasteiger partial charge in [-0.25, -0.2) is 4.79 Å². The summed E-state index contributed by atoms with van der Waals surface area (Å²) in [4.78, 5) is 14.7. The number of amides is 2. The molecule has 2 amide bonds. The average molecular weight is 421 g/mol. The summed E-state index contributed by atoms with van der Waals surface area (Å²) >= 11 is 4.87. The molecule has 0 spiro atoms. The van der Waals surface area contributed by atoms with Crippen LogP contribution >= 0.6 is 27.3 Å². The van der Waals surface area contributed by atoms with Gasteiger partial charge in [0.1, 0.15) is 11.5 Å². The lowest BCUT2D eigenvalue weighted by molar-refractivity contribution is -0.0493. The Morgan fingerprint density at radius 1 is 1.38 bits per heavy atom. The minimum atomic E-state index is -2.99. The molecule has 0 atom stereocenters. The van der Waals surface area contributed by atoms with E-state index in [1.807, 2.05) is 12.1 Å². The highest BCUT2D eigenvalue weighted by molar-refractivity contribution is 9.11. The van der Waals surface area contributed by atoms with Crippen LogP contribution in [-0.4, -0.2) is 31.7 Å². The third kappa shape index (κ3) is 5.07. The number of rotatable bonds is 6. The smallest absolute Gasteiger partial charge is 0.387 e. The molecule has 2 aromatic rings. The fourth-order valence-electron chi connectivity index (χ4n) is 1.89. The summed E-state index contributed by atoms with van der Waals surface area (Å²) in [5, 5.41) is 2.56. The maximum absolute atomic E-state index is 12.5. The molecular formula is C15H15BrF2N2O3S. The average Bonchev–Trinajstić information content (AvgIpc) is 2.93. The molecule has 1 N–H and O–H groups in total. The summed E-state index contributed by atoms with van der Waals surface area (Å²) in [5.41, 5.74) is 0.110. The van der Waals surface area contributed by atoms with E-state index in [0.717, 1.165) is 8.66 Å². The van der Waals surface area contributed by atoms with Gasteiger partial charge in [-0.2, -0.15) is 8.78 Å². The normalized spacial score (nSPS) is 10.6. The second-order valence-corrected chi connectivity index (χ2v) is 7.28. The largest absolute Gasteiger partial charge is 0.497 e. The Morgan fingerprint density at radius 3 is 2.71 bits per heavy atom. The molecule has 1 aromatic heterocycles. The molecule has 0 aliphatic rings. The minimum Gasteiger partial charge on any atom is -0.497 e. The Labute approximate surface area is 150 Å². The van der Waals surface area contributed by atoms with Gasteiger partial charge in [-0.3, -0.25) is 0 Å². The highest BCUT2D eigenvalue weighted by Crippen LogP contribution is 2.31. The Balaban J connectivity index is 2.11. The van der Waals surface area contributed by atoms with E-state index in [9.17, 15) is 13.6 Å². The van der Waals surface area contributed by atoms with Crippen LogP contribution in [-0.2, 0) is 6.54 Å². The van der Waals surface area contributed by atoms with Crippen LogP contribution in [0.3, 0.4) is 0 Å². The number of methoxy groups -OCH3 is 1. The van der Waals surface area contributed by atoms with Crippen molar-refractivity contribution >= 4 is 39.0 Å². The molecule has 0 radical (unpaired) electrons. The summed E-state index contributed by atoms with van der Waals surface area (Å²) in [5.74, 6) is 0.281. The number of nitrogens with zero attached hydrogens (tertiary/aromatic N) is 1. The quantitative estimate of drug-likeness (QED) is 0.730. The number of alkyl halides is 2. The van der Waals surface area contributed by atoms with Crippen LogP contribution < -0.4 is 14.8 Å². The number of nitrogens with one attached hydrogen (secondary N) is 1. The molecule has 0 fully saturated rings. The summed E-state index contributed by atoms with van der Waals surface area (Å²) in [6.07, 6.45) is 0. The number of halogens is 3. The van der Waals surface area contributed by atoms with E-state index in [2.05, 4.69) is 26.0 Å². The van der Waals surface area contributed by atoms with Gasteiger partial charge in [0.25, 0.3) is 0 Å². The zero-order valence-corrected chi connectivity index (χ0v) is 15.3. The molecule has 1 aromatic carbocycles. The topological polar surface area (TPSA) is 50.8 Å². The van der Waals surface area contributed by atoms with Gasteiger partial charge in [0.2, 0.25) is 0 Å². The van der Waals surface area contributed by atoms with E-state index in [1.54, 1.807) is 7.05 Å². The van der Waals surface area contributed by atoms with Crippen molar-refractivity contribution in [3.05, 3.63) is 39.0 Å². The first-order valence-corrected chi connectivity index (χ1v) is 8.39. The Kier molecular flexibility index (Phi) is 6.38. The fourth-order valence-corrected chi connectivity index (χ4v) is 3.42. The lowest BCUT2D eigenvalue weighted by atomic mass is 10.2. The van der Waals surface area contributed by atoms with Gasteiger partial charge >= 0.3 is 12.6 Å². The number of carbonyl (C=O) groups is 1. The maximum Gasteiger partial charge on any atom is 0.387 e. The molecule has 2 rings (SSSR count). The molecule has 0 aliphatic heterocycles. The second kappa shape index (κ2) is 8.29. The maximum atomic E-state index is 12.5. The summed E-state index contributed by atoms with van der Waals surface area (Å²) in [7, 11) is 3.05. The molecule has 130 valence electrons. The van der Waals surface area contributed by atoms with E-state index in [0.29, 0.717) is 12.3 Å². The van der Waals surface area contributed by atoms with Crippen molar-refractivity contribution in [2.45, 2.75) is 13.2 Å². The van der Waals surface area contributed by atoms with Crippen LogP contribution in [0.5, 0.6) is 11.5 Å². The second-order valence-electron chi connectivity index (χ2n) is 4.73. The first-order chi connectivity index (χ1) is 11.4. The van der Waals surface area contributed by atoms with Crippen molar-refractivity contribution in [3.8, 4) is 11.5 Å². The van der Waals surface area contributed by atoms with Crippen molar-refractivity contribution in [2.24, 2.45) is 0 Å². The number of hydrogen-bond donors (Lipinski definition) is 1. The predicted molar refractivity (Wildman–Crippen MR) is 92.1 cm³/mol. The lowest BCUT2D eigenvalue weighted by Crippen LogP contribution is -2.30. The summed E-state index contributed by atoms with van der Waals surface area (Å²) in [6.45, 7) is -2.60. The Bertz CT molecular complexity index is 712. The molecule has 9 heteroatoms. The van der Waals surface area contributed by atoms with Gasteiger partial charge in [-0.05, 0) is 40.2 Å². The van der Waals surface area contributed by atoms with Crippen molar-refractivity contribution < 1.29 is 23.0 Å². The van der Waals surface area contributed by atoms with Gasteiger partial charge in [0, 0.05) is 18.0 Å². The molecule has 0 saturated heterocycles. The number of urea groups is 1. The van der Waals surface area contributed by atoms with Crippen LogP contribution in [0.2, 0.25) is 0 Å². The Morgan fingerprint density at radius 2 is 2.12 bits per heavy atom.